The second kappa shape index (κ2) is 14.8. The van der Waals surface area contributed by atoms with E-state index in [-0.39, 0.29) is 53.2 Å². The highest BCUT2D eigenvalue weighted by molar-refractivity contribution is 8.13. The Balaban J connectivity index is 1.78. The van der Waals surface area contributed by atoms with Crippen LogP contribution in [0.2, 0.25) is 0 Å². The molecule has 1 fully saturated rings. The van der Waals surface area contributed by atoms with Gasteiger partial charge in [-0.05, 0) is 39.5 Å². The number of carbonyl (C=O) groups excluding carboxylic acids is 2. The smallest absolute Gasteiger partial charge is 0.323 e. The Hall–Kier alpha value is -1.69. The van der Waals surface area contributed by atoms with Crippen molar-refractivity contribution in [1.82, 2.24) is 24.6 Å². The summed E-state index contributed by atoms with van der Waals surface area (Å²) in [6.45, 7) is 8.33. The molecule has 1 aliphatic heterocycles. The number of fused-ring (bicyclic) bond motifs is 1. The molecule has 14 nitrogen and oxygen atoms in total. The first-order valence-electron chi connectivity index (χ1n) is 13.8. The van der Waals surface area contributed by atoms with Gasteiger partial charge in [-0.3, -0.25) is 14.2 Å². The van der Waals surface area contributed by atoms with Crippen molar-refractivity contribution in [3.63, 3.8) is 0 Å². The number of halogens is 2. The molecule has 0 amide bonds. The van der Waals surface area contributed by atoms with Crippen LogP contribution in [0.5, 0.6) is 5.88 Å². The third-order valence-electron chi connectivity index (χ3n) is 5.98. The topological polar surface area (TPSA) is 182 Å². The molecule has 0 saturated carbocycles. The molecule has 19 heteroatoms. The lowest BCUT2D eigenvalue weighted by Crippen LogP contribution is -2.39. The maximum Gasteiger partial charge on any atom is 0.323 e. The normalized spacial score (nSPS) is 24.4. The van der Waals surface area contributed by atoms with Gasteiger partial charge in [0.05, 0.1) is 32.3 Å². The zero-order valence-corrected chi connectivity index (χ0v) is 28.8. The number of alkyl halides is 2. The van der Waals surface area contributed by atoms with Crippen LogP contribution < -0.4 is 15.6 Å². The highest BCUT2D eigenvalue weighted by Gasteiger charge is 2.58. The zero-order valence-electron chi connectivity index (χ0n) is 25.5. The fraction of sp³-hybridized carbons (Fsp3) is 0.720. The lowest BCUT2D eigenvalue weighted by atomic mass is 10.00. The maximum atomic E-state index is 15.9. The molecule has 0 aliphatic carbocycles. The van der Waals surface area contributed by atoms with E-state index in [2.05, 4.69) is 20.0 Å². The molecule has 1 saturated heterocycles. The first-order valence-corrected chi connectivity index (χ1v) is 17.8. The zero-order chi connectivity index (χ0) is 33.0. The van der Waals surface area contributed by atoms with Crippen molar-refractivity contribution >= 4 is 70.0 Å². The number of nitrogens with zero attached hydrogens (tertiary/aromatic N) is 4. The van der Waals surface area contributed by atoms with E-state index in [0.717, 1.165) is 11.8 Å². The van der Waals surface area contributed by atoms with Gasteiger partial charge in [0, 0.05) is 11.2 Å². The van der Waals surface area contributed by atoms with Gasteiger partial charge in [0.2, 0.25) is 11.8 Å². The molecule has 0 unspecified atom stereocenters. The van der Waals surface area contributed by atoms with Crippen molar-refractivity contribution in [2.24, 2.45) is 5.41 Å². The number of nitrogens with two attached hydrogens (primary N) is 1. The number of carbonyl (C=O) groups is 2. The number of esters is 1. The van der Waals surface area contributed by atoms with Gasteiger partial charge >= 0.3 is 5.97 Å². The predicted octanol–water partition coefficient (Wildman–Crippen LogP) is 3.46. The molecule has 1 aliphatic rings. The van der Waals surface area contributed by atoms with Gasteiger partial charge in [-0.2, -0.15) is 9.97 Å². The molecular formula is C25H39ClFN6O8PS2. The Kier molecular flexibility index (Phi) is 12.4. The number of nitrogen functional groups attached to an aromatic ring is 1. The van der Waals surface area contributed by atoms with Crippen molar-refractivity contribution in [1.29, 1.82) is 0 Å². The Morgan fingerprint density at radius 1 is 1.34 bits per heavy atom. The average Bonchev–Trinajstić information content (AvgIpc) is 3.42. The van der Waals surface area contributed by atoms with Crippen molar-refractivity contribution in [3.05, 3.63) is 6.33 Å². The minimum atomic E-state index is -3.51. The van der Waals surface area contributed by atoms with Crippen molar-refractivity contribution in [3.8, 4) is 5.88 Å². The highest BCUT2D eigenvalue weighted by atomic mass is 35.5. The van der Waals surface area contributed by atoms with Crippen LogP contribution in [0.15, 0.2) is 6.33 Å². The van der Waals surface area contributed by atoms with Gasteiger partial charge in [0.1, 0.15) is 18.2 Å². The van der Waals surface area contributed by atoms with Gasteiger partial charge in [0.25, 0.3) is 11.8 Å². The first-order chi connectivity index (χ1) is 20.4. The van der Waals surface area contributed by atoms with Crippen LogP contribution in [0, 0.1) is 5.41 Å². The molecule has 2 aromatic rings. The summed E-state index contributed by atoms with van der Waals surface area (Å²) < 4.78 is 45.3. The van der Waals surface area contributed by atoms with E-state index in [1.165, 1.54) is 17.8 Å². The largest absolute Gasteiger partial charge is 0.476 e. The maximum absolute atomic E-state index is 15.9. The highest BCUT2D eigenvalue weighted by Crippen LogP contribution is 2.49. The number of rotatable bonds is 14. The third-order valence-corrected chi connectivity index (χ3v) is 10.3. The molecule has 0 bridgehead atoms. The third kappa shape index (κ3) is 8.97. The van der Waals surface area contributed by atoms with Gasteiger partial charge < -0.3 is 34.1 Å². The van der Waals surface area contributed by atoms with Gasteiger partial charge in [-0.25, -0.2) is 14.5 Å². The molecule has 0 spiro atoms. The van der Waals surface area contributed by atoms with Crippen LogP contribution in [-0.4, -0.2) is 90.8 Å². The van der Waals surface area contributed by atoms with Gasteiger partial charge in [-0.15, -0.1) is 0 Å². The fourth-order valence-corrected chi connectivity index (χ4v) is 7.40. The van der Waals surface area contributed by atoms with E-state index in [0.29, 0.717) is 0 Å². The molecule has 4 N–H and O–H groups in total. The summed E-state index contributed by atoms with van der Waals surface area (Å²) in [5.41, 5.74) is 5.51. The Morgan fingerprint density at radius 3 is 2.64 bits per heavy atom. The van der Waals surface area contributed by atoms with Crippen molar-refractivity contribution in [2.75, 3.05) is 31.3 Å². The van der Waals surface area contributed by atoms with E-state index < -0.39 is 54.2 Å². The second-order valence-electron chi connectivity index (χ2n) is 11.1. The molecule has 44 heavy (non-hydrogen) atoms. The number of thioether (sulfide) groups is 1. The summed E-state index contributed by atoms with van der Waals surface area (Å²) in [6.07, 6.45) is -4.02. The number of imidazole rings is 1. The van der Waals surface area contributed by atoms with E-state index in [1.807, 2.05) is 0 Å². The lowest BCUT2D eigenvalue weighted by Gasteiger charge is -2.28. The summed E-state index contributed by atoms with van der Waals surface area (Å²) in [7, 11) is 0. The Labute approximate surface area is 269 Å². The molecule has 3 heterocycles. The number of aliphatic hydroxyl groups is 1. The quantitative estimate of drug-likeness (QED) is 0.113. The summed E-state index contributed by atoms with van der Waals surface area (Å²) in [5.74, 6) is -0.412. The summed E-state index contributed by atoms with van der Waals surface area (Å²) in [4.78, 5) is 37.1. The van der Waals surface area contributed by atoms with Crippen LogP contribution in [-0.2, 0) is 39.9 Å². The molecule has 248 valence electrons. The molecule has 6 atom stereocenters. The van der Waals surface area contributed by atoms with Crippen LogP contribution in [0.4, 0.5) is 10.3 Å². The van der Waals surface area contributed by atoms with Crippen molar-refractivity contribution in [2.45, 2.75) is 84.2 Å². The Morgan fingerprint density at radius 2 is 2.02 bits per heavy atom. The fourth-order valence-electron chi connectivity index (χ4n) is 3.84. The number of anilines is 1. The summed E-state index contributed by atoms with van der Waals surface area (Å²) in [6, 6.07) is -0.940. The van der Waals surface area contributed by atoms with Gasteiger partial charge in [0.15, 0.2) is 22.5 Å². The van der Waals surface area contributed by atoms with Crippen LogP contribution in [0.1, 0.15) is 54.7 Å². The SMILES string of the molecule is CCOc1nc(N)nc2c1ncn2[C@@H]1O[C@H](CO[P@](=S)(N[C@@H](C)C(=O)OC(C)C)OCCSC(=O)C(C)(C)C)[C@@H](O)[C@]1(F)Cl. The molecule has 3 rings (SSSR count). The molecular weight excluding hydrogens is 662 g/mol. The first kappa shape index (κ1) is 36.8. The monoisotopic (exact) mass is 700 g/mol. The number of ether oxygens (including phenoxy) is 3. The predicted molar refractivity (Wildman–Crippen MR) is 167 cm³/mol. The number of aliphatic hydroxyl groups excluding tert-OH is 1. The van der Waals surface area contributed by atoms with Gasteiger partial charge in [-0.1, -0.05) is 44.1 Å². The average molecular weight is 701 g/mol. The summed E-state index contributed by atoms with van der Waals surface area (Å²) >= 11 is 12.9. The Bertz CT molecular complexity index is 1380. The van der Waals surface area contributed by atoms with Crippen LogP contribution >= 0.6 is 30.0 Å². The molecule has 0 radical (unpaired) electrons. The summed E-state index contributed by atoms with van der Waals surface area (Å²) in [5, 5.41) is 10.8. The van der Waals surface area contributed by atoms with Crippen LogP contribution in [0.3, 0.4) is 0 Å². The van der Waals surface area contributed by atoms with E-state index >= 15 is 4.39 Å². The lowest BCUT2D eigenvalue weighted by molar-refractivity contribution is -0.149. The van der Waals surface area contributed by atoms with E-state index in [9.17, 15) is 14.7 Å². The van der Waals surface area contributed by atoms with Crippen molar-refractivity contribution < 1.29 is 42.3 Å². The minimum Gasteiger partial charge on any atom is -0.476 e. The molecule has 0 aromatic carbocycles. The minimum absolute atomic E-state index is 0.00765. The number of hydrogen-bond acceptors (Lipinski definition) is 14. The van der Waals surface area contributed by atoms with E-state index in [4.69, 9.17) is 52.4 Å². The number of hydrogen-bond donors (Lipinski definition) is 3. The second-order valence-corrected chi connectivity index (χ2v) is 16.0. The van der Waals surface area contributed by atoms with E-state index in [1.54, 1.807) is 41.5 Å². The van der Waals surface area contributed by atoms with Crippen LogP contribution in [0.25, 0.3) is 11.2 Å². The number of nitrogens with one attached hydrogen (secondary N) is 1. The molecule has 2 aromatic heterocycles. The standard InChI is InChI=1S/C25H39ClFN6O8PS2/c1-8-37-19-16-18(30-23(28)31-19)33(12-29-16)21-25(26,27)17(34)15(41-21)11-39-42(43,32-14(4)20(35)40-13(2)3)38-9-10-44-22(36)24(5,6)7/h12-15,17,21,34H,8-11H2,1-7H3,(H,32,43)(H2,28,30,31)/t14-,15+,17+,21+,25+,42-/m0/s1. The number of aromatic nitrogens is 4.